The Morgan fingerprint density at radius 2 is 1.94 bits per heavy atom. The Hall–Kier alpha value is -3.91. The number of halogens is 1. The molecule has 3 amide bonds. The summed E-state index contributed by atoms with van der Waals surface area (Å²) >= 11 is 6.18. The van der Waals surface area contributed by atoms with Crippen molar-refractivity contribution >= 4 is 40.7 Å². The Morgan fingerprint density at radius 3 is 2.66 bits per heavy atom. The van der Waals surface area contributed by atoms with Crippen LogP contribution < -0.4 is 16.0 Å². The molecular formula is C23H21ClN6O2. The van der Waals surface area contributed by atoms with Crippen molar-refractivity contribution in [2.24, 2.45) is 0 Å². The molecule has 4 rings (SSSR count). The van der Waals surface area contributed by atoms with Crippen LogP contribution in [0.5, 0.6) is 0 Å². The lowest BCUT2D eigenvalue weighted by Crippen LogP contribution is -2.28. The molecule has 0 atom stereocenters. The van der Waals surface area contributed by atoms with E-state index in [4.69, 9.17) is 11.6 Å². The van der Waals surface area contributed by atoms with E-state index in [0.29, 0.717) is 28.6 Å². The van der Waals surface area contributed by atoms with Gasteiger partial charge in [0.2, 0.25) is 0 Å². The maximum Gasteiger partial charge on any atom is 0.320 e. The molecule has 1 aromatic carbocycles. The lowest BCUT2D eigenvalue weighted by Gasteiger charge is -2.10. The smallest absolute Gasteiger partial charge is 0.320 e. The standard InChI is InChI=1S/C23H21ClN6O2/c1-3-25-23(32)29-20-8-7-18(11-26-20)28-22(31)16-10-19(15-5-4-6-17(24)9-15)21-27-14(2)12-30(21)13-16/h4-13H,3H2,1-2H3,(H,28,31)(H2,25,26,29,32). The summed E-state index contributed by atoms with van der Waals surface area (Å²) in [5, 5.41) is 8.68. The molecule has 0 bridgehead atoms. The predicted molar refractivity (Wildman–Crippen MR) is 125 cm³/mol. The average molecular weight is 449 g/mol. The van der Waals surface area contributed by atoms with Gasteiger partial charge in [-0.1, -0.05) is 23.7 Å². The van der Waals surface area contributed by atoms with Crippen LogP contribution in [0, 0.1) is 6.92 Å². The molecule has 32 heavy (non-hydrogen) atoms. The number of carbonyl (C=O) groups excluding carboxylic acids is 2. The Kier molecular flexibility index (Phi) is 6.04. The molecular weight excluding hydrogens is 428 g/mol. The molecule has 4 aromatic rings. The average Bonchev–Trinajstić information content (AvgIpc) is 3.14. The maximum atomic E-state index is 13.0. The van der Waals surface area contributed by atoms with Gasteiger partial charge in [0.05, 0.1) is 23.1 Å². The first-order chi connectivity index (χ1) is 15.4. The van der Waals surface area contributed by atoms with Crippen LogP contribution in [0.4, 0.5) is 16.3 Å². The fourth-order valence-electron chi connectivity index (χ4n) is 3.28. The number of nitrogens with zero attached hydrogens (tertiary/aromatic N) is 3. The molecule has 162 valence electrons. The molecule has 9 heteroatoms. The lowest BCUT2D eigenvalue weighted by atomic mass is 10.0. The number of rotatable bonds is 5. The SMILES string of the molecule is CCNC(=O)Nc1ccc(NC(=O)c2cc(-c3cccc(Cl)c3)c3nc(C)cn3c2)cn1. The summed E-state index contributed by atoms with van der Waals surface area (Å²) in [4.78, 5) is 33.3. The van der Waals surface area contributed by atoms with Gasteiger partial charge in [-0.05, 0) is 49.7 Å². The molecule has 0 saturated heterocycles. The number of aromatic nitrogens is 3. The van der Waals surface area contributed by atoms with Gasteiger partial charge in [-0.15, -0.1) is 0 Å². The number of nitrogens with one attached hydrogen (secondary N) is 3. The van der Waals surface area contributed by atoms with E-state index in [-0.39, 0.29) is 11.9 Å². The summed E-state index contributed by atoms with van der Waals surface area (Å²) in [6.45, 7) is 4.24. The second-order valence-electron chi connectivity index (χ2n) is 7.14. The molecule has 0 aliphatic heterocycles. The van der Waals surface area contributed by atoms with Crippen molar-refractivity contribution in [2.75, 3.05) is 17.2 Å². The molecule has 0 saturated carbocycles. The van der Waals surface area contributed by atoms with Gasteiger partial charge >= 0.3 is 6.03 Å². The third-order valence-electron chi connectivity index (χ3n) is 4.67. The molecule has 3 aromatic heterocycles. The number of pyridine rings is 2. The van der Waals surface area contributed by atoms with Crippen molar-refractivity contribution in [3.63, 3.8) is 0 Å². The van der Waals surface area contributed by atoms with E-state index in [1.54, 1.807) is 30.5 Å². The lowest BCUT2D eigenvalue weighted by molar-refractivity contribution is 0.102. The Labute approximate surface area is 189 Å². The third kappa shape index (κ3) is 4.70. The van der Waals surface area contributed by atoms with Crippen LogP contribution in [0.3, 0.4) is 0 Å². The minimum atomic E-state index is -0.339. The normalized spacial score (nSPS) is 10.7. The Bertz CT molecular complexity index is 1300. The van der Waals surface area contributed by atoms with E-state index >= 15 is 0 Å². The van der Waals surface area contributed by atoms with Gasteiger partial charge in [0, 0.05) is 29.5 Å². The van der Waals surface area contributed by atoms with Gasteiger partial charge in [0.15, 0.2) is 0 Å². The van der Waals surface area contributed by atoms with Gasteiger partial charge in [0.25, 0.3) is 5.91 Å². The van der Waals surface area contributed by atoms with Crippen LogP contribution in [0.1, 0.15) is 23.0 Å². The van der Waals surface area contributed by atoms with Gasteiger partial charge < -0.3 is 15.0 Å². The van der Waals surface area contributed by atoms with Crippen LogP contribution in [-0.4, -0.2) is 32.9 Å². The van der Waals surface area contributed by atoms with Gasteiger partial charge in [-0.25, -0.2) is 14.8 Å². The van der Waals surface area contributed by atoms with E-state index in [0.717, 1.165) is 22.5 Å². The number of fused-ring (bicyclic) bond motifs is 1. The highest BCUT2D eigenvalue weighted by Crippen LogP contribution is 2.28. The van der Waals surface area contributed by atoms with Crippen molar-refractivity contribution in [1.29, 1.82) is 0 Å². The number of hydrogen-bond donors (Lipinski definition) is 3. The van der Waals surface area contributed by atoms with E-state index in [2.05, 4.69) is 25.9 Å². The van der Waals surface area contributed by atoms with Gasteiger partial charge in [-0.2, -0.15) is 0 Å². The third-order valence-corrected chi connectivity index (χ3v) is 4.90. The highest BCUT2D eigenvalue weighted by molar-refractivity contribution is 6.30. The first kappa shape index (κ1) is 21.3. The number of benzene rings is 1. The molecule has 0 aliphatic carbocycles. The van der Waals surface area contributed by atoms with Crippen LogP contribution >= 0.6 is 11.6 Å². The topological polar surface area (TPSA) is 100 Å². The number of amides is 3. The van der Waals surface area contributed by atoms with Crippen molar-refractivity contribution in [2.45, 2.75) is 13.8 Å². The molecule has 0 radical (unpaired) electrons. The zero-order chi connectivity index (χ0) is 22.7. The maximum absolute atomic E-state index is 13.0. The summed E-state index contributed by atoms with van der Waals surface area (Å²) in [6.07, 6.45) is 5.08. The van der Waals surface area contributed by atoms with E-state index in [9.17, 15) is 9.59 Å². The monoisotopic (exact) mass is 448 g/mol. The van der Waals surface area contributed by atoms with Gasteiger partial charge in [-0.3, -0.25) is 10.1 Å². The molecule has 0 spiro atoms. The molecule has 3 heterocycles. The van der Waals surface area contributed by atoms with Crippen LogP contribution in [0.2, 0.25) is 5.02 Å². The summed E-state index contributed by atoms with van der Waals surface area (Å²) < 4.78 is 1.83. The van der Waals surface area contributed by atoms with Crippen molar-refractivity contribution < 1.29 is 9.59 Å². The van der Waals surface area contributed by atoms with E-state index < -0.39 is 0 Å². The van der Waals surface area contributed by atoms with Crippen LogP contribution in [0.25, 0.3) is 16.8 Å². The van der Waals surface area contributed by atoms with Crippen molar-refractivity contribution in [3.8, 4) is 11.1 Å². The van der Waals surface area contributed by atoms with E-state index in [1.807, 2.05) is 42.6 Å². The molecule has 0 fully saturated rings. The first-order valence-corrected chi connectivity index (χ1v) is 10.4. The largest absolute Gasteiger partial charge is 0.338 e. The summed E-state index contributed by atoms with van der Waals surface area (Å²) in [6, 6.07) is 12.2. The molecule has 0 aliphatic rings. The van der Waals surface area contributed by atoms with Crippen molar-refractivity contribution in [1.82, 2.24) is 19.7 Å². The second-order valence-corrected chi connectivity index (χ2v) is 7.57. The van der Waals surface area contributed by atoms with Crippen LogP contribution in [0.15, 0.2) is 61.1 Å². The molecule has 0 unspecified atom stereocenters. The summed E-state index contributed by atoms with van der Waals surface area (Å²) in [5.41, 5.74) is 4.20. The number of aryl methyl sites for hydroxylation is 1. The minimum absolute atomic E-state index is 0.298. The van der Waals surface area contributed by atoms with Crippen molar-refractivity contribution in [3.05, 3.63) is 77.3 Å². The Morgan fingerprint density at radius 1 is 1.09 bits per heavy atom. The summed E-state index contributed by atoms with van der Waals surface area (Å²) in [7, 11) is 0. The molecule has 8 nitrogen and oxygen atoms in total. The molecule has 3 N–H and O–H groups in total. The number of anilines is 2. The fraction of sp³-hybridized carbons (Fsp3) is 0.130. The van der Waals surface area contributed by atoms with Gasteiger partial charge in [0.1, 0.15) is 11.5 Å². The number of carbonyl (C=O) groups is 2. The summed E-state index contributed by atoms with van der Waals surface area (Å²) in [5.74, 6) is 0.0836. The first-order valence-electron chi connectivity index (χ1n) is 10.0. The predicted octanol–water partition coefficient (Wildman–Crippen LogP) is 4.75. The number of urea groups is 1. The fourth-order valence-corrected chi connectivity index (χ4v) is 3.47. The zero-order valence-electron chi connectivity index (χ0n) is 17.5. The van der Waals surface area contributed by atoms with Crippen LogP contribution in [-0.2, 0) is 0 Å². The quantitative estimate of drug-likeness (QED) is 0.410. The Balaban J connectivity index is 1.61. The number of imidazole rings is 1. The second kappa shape index (κ2) is 9.07. The zero-order valence-corrected chi connectivity index (χ0v) is 18.3. The highest BCUT2D eigenvalue weighted by Gasteiger charge is 2.15. The highest BCUT2D eigenvalue weighted by atomic mass is 35.5. The number of hydrogen-bond acceptors (Lipinski definition) is 4. The van der Waals surface area contributed by atoms with E-state index in [1.165, 1.54) is 6.20 Å². The minimum Gasteiger partial charge on any atom is -0.338 e.